The highest BCUT2D eigenvalue weighted by atomic mass is 79.9. The number of ketones is 1. The molecular weight excluding hydrogens is 620 g/mol. The van der Waals surface area contributed by atoms with Gasteiger partial charge in [-0.3, -0.25) is 19.3 Å². The van der Waals surface area contributed by atoms with Crippen LogP contribution in [0.1, 0.15) is 59.4 Å². The lowest BCUT2D eigenvalue weighted by molar-refractivity contribution is -0.123. The summed E-state index contributed by atoms with van der Waals surface area (Å²) in [6.07, 6.45) is 2.76. The monoisotopic (exact) mass is 650 g/mol. The first kappa shape index (κ1) is 28.6. The van der Waals surface area contributed by atoms with E-state index in [0.717, 1.165) is 34.9 Å². The molecule has 1 saturated heterocycles. The molecule has 0 N–H and O–H groups in total. The van der Waals surface area contributed by atoms with Crippen molar-refractivity contribution in [3.63, 3.8) is 0 Å². The van der Waals surface area contributed by atoms with Gasteiger partial charge >= 0.3 is 5.97 Å². The second-order valence-corrected chi connectivity index (χ2v) is 13.0. The topological polar surface area (TPSA) is 93.6 Å². The number of amides is 2. The summed E-state index contributed by atoms with van der Waals surface area (Å²) in [5.41, 5.74) is 4.21. The van der Waals surface area contributed by atoms with E-state index in [1.54, 1.807) is 49.4 Å². The van der Waals surface area contributed by atoms with Gasteiger partial charge in [-0.2, -0.15) is 0 Å². The number of ether oxygens (including phenoxy) is 1. The maximum Gasteiger partial charge on any atom is 0.339 e. The zero-order valence-electron chi connectivity index (χ0n) is 24.5. The fourth-order valence-electron chi connectivity index (χ4n) is 7.51. The third-order valence-electron chi connectivity index (χ3n) is 9.62. The van der Waals surface area contributed by atoms with Gasteiger partial charge < -0.3 is 4.74 Å². The van der Waals surface area contributed by atoms with Crippen LogP contribution in [-0.2, 0) is 20.7 Å². The van der Waals surface area contributed by atoms with E-state index in [4.69, 9.17) is 9.72 Å². The normalized spacial score (nSPS) is 22.8. The molecule has 2 saturated carbocycles. The summed E-state index contributed by atoms with van der Waals surface area (Å²) in [5, 5.41) is 0.621. The highest BCUT2D eigenvalue weighted by Crippen LogP contribution is 2.56. The zero-order valence-corrected chi connectivity index (χ0v) is 26.0. The van der Waals surface area contributed by atoms with Gasteiger partial charge in [-0.1, -0.05) is 65.3 Å². The Hall–Kier alpha value is -4.17. The van der Waals surface area contributed by atoms with Crippen molar-refractivity contribution in [2.45, 2.75) is 45.6 Å². The Morgan fingerprint density at radius 3 is 2.25 bits per heavy atom. The predicted octanol–water partition coefficient (Wildman–Crippen LogP) is 7.19. The van der Waals surface area contributed by atoms with Crippen LogP contribution in [0.15, 0.2) is 77.3 Å². The number of fused-ring (bicyclic) bond motifs is 6. The Morgan fingerprint density at radius 1 is 0.955 bits per heavy atom. The number of carbonyl (C=O) groups excluding carboxylic acids is 4. The Bertz CT molecular complexity index is 1810. The largest absolute Gasteiger partial charge is 0.451 e. The molecule has 7 nitrogen and oxygen atoms in total. The molecule has 222 valence electrons. The Kier molecular flexibility index (Phi) is 7.20. The van der Waals surface area contributed by atoms with Crippen LogP contribution >= 0.6 is 15.9 Å². The molecular formula is C36H31BrN2O5. The van der Waals surface area contributed by atoms with Crippen LogP contribution in [0, 0.1) is 23.7 Å². The summed E-state index contributed by atoms with van der Waals surface area (Å²) in [4.78, 5) is 59.6. The van der Waals surface area contributed by atoms with Gasteiger partial charge in [-0.05, 0) is 80.3 Å². The average Bonchev–Trinajstić information content (AvgIpc) is 3.73. The van der Waals surface area contributed by atoms with Crippen LogP contribution < -0.4 is 4.90 Å². The number of carbonyl (C=O) groups is 4. The van der Waals surface area contributed by atoms with E-state index in [0.29, 0.717) is 51.7 Å². The molecule has 3 aliphatic rings. The number of aromatic nitrogens is 1. The molecule has 5 unspecified atom stereocenters. The number of halogens is 1. The number of nitrogens with zero attached hydrogens (tertiary/aromatic N) is 2. The van der Waals surface area contributed by atoms with Gasteiger partial charge in [0.25, 0.3) is 0 Å². The Balaban J connectivity index is 1.23. The summed E-state index contributed by atoms with van der Waals surface area (Å²) < 4.78 is 6.53. The molecule has 4 aromatic rings. The number of rotatable bonds is 7. The summed E-state index contributed by atoms with van der Waals surface area (Å²) in [6.45, 7) is 3.60. The van der Waals surface area contributed by atoms with Crippen molar-refractivity contribution in [2.24, 2.45) is 23.7 Å². The molecule has 8 heteroatoms. The standard InChI is InChI=1S/C36H31BrN2O5/c1-3-20-16-25(37)17-27-28(36(43)44-19(2)33(40)22-7-5-4-6-8-22)18-29(38-32(20)27)21-11-13-26(14-12-21)39-34(41)30-23-9-10-24(15-23)31(30)35(39)42/h4-8,11-14,16-19,23-24,30-31H,3,9-10,15H2,1-2H3. The predicted molar refractivity (Wildman–Crippen MR) is 170 cm³/mol. The molecule has 44 heavy (non-hydrogen) atoms. The molecule has 2 bridgehead atoms. The zero-order chi connectivity index (χ0) is 30.7. The van der Waals surface area contributed by atoms with Gasteiger partial charge in [0.15, 0.2) is 6.10 Å². The molecule has 0 radical (unpaired) electrons. The molecule has 3 aromatic carbocycles. The Labute approximate surface area is 263 Å². The lowest BCUT2D eigenvalue weighted by atomic mass is 9.81. The number of benzene rings is 3. The van der Waals surface area contributed by atoms with Crippen LogP contribution in [0.4, 0.5) is 5.69 Å². The van der Waals surface area contributed by atoms with Crippen LogP contribution in [0.3, 0.4) is 0 Å². The third kappa shape index (κ3) is 4.67. The molecule has 1 aromatic heterocycles. The SMILES string of the molecule is CCc1cc(Br)cc2c(C(=O)OC(C)C(=O)c3ccccc3)cc(-c3ccc(N4C(=O)C5C6CCC(C6)C5C4=O)cc3)nc12. The minimum atomic E-state index is -0.987. The van der Waals surface area contributed by atoms with Crippen LogP contribution in [0.5, 0.6) is 0 Å². The van der Waals surface area contributed by atoms with E-state index < -0.39 is 12.1 Å². The maximum atomic E-state index is 13.7. The van der Waals surface area contributed by atoms with Gasteiger partial charge in [-0.15, -0.1) is 0 Å². The van der Waals surface area contributed by atoms with Crippen molar-refractivity contribution in [3.8, 4) is 11.3 Å². The molecule has 5 atom stereocenters. The van der Waals surface area contributed by atoms with Crippen LogP contribution in [-0.4, -0.2) is 34.7 Å². The highest BCUT2D eigenvalue weighted by Gasteiger charge is 2.61. The number of anilines is 1. The molecule has 2 amide bonds. The molecule has 1 aliphatic heterocycles. The van der Waals surface area contributed by atoms with Crippen molar-refractivity contribution in [1.82, 2.24) is 4.98 Å². The second-order valence-electron chi connectivity index (χ2n) is 12.1. The number of pyridine rings is 1. The smallest absolute Gasteiger partial charge is 0.339 e. The lowest BCUT2D eigenvalue weighted by Gasteiger charge is -2.19. The fourth-order valence-corrected chi connectivity index (χ4v) is 8.01. The second kappa shape index (κ2) is 11.1. The number of Topliss-reactive ketones (excluding diaryl/α,β-unsaturated/α-hetero) is 1. The first-order chi connectivity index (χ1) is 21.2. The molecule has 0 spiro atoms. The lowest BCUT2D eigenvalue weighted by Crippen LogP contribution is -2.32. The third-order valence-corrected chi connectivity index (χ3v) is 10.1. The van der Waals surface area contributed by atoms with Crippen molar-refractivity contribution < 1.29 is 23.9 Å². The van der Waals surface area contributed by atoms with E-state index in [1.165, 1.54) is 4.90 Å². The molecule has 2 aliphatic carbocycles. The molecule has 3 fully saturated rings. The maximum absolute atomic E-state index is 13.7. The highest BCUT2D eigenvalue weighted by molar-refractivity contribution is 9.10. The van der Waals surface area contributed by atoms with Gasteiger partial charge in [0.2, 0.25) is 17.6 Å². The Morgan fingerprint density at radius 2 is 1.61 bits per heavy atom. The molecule has 2 heterocycles. The van der Waals surface area contributed by atoms with Gasteiger partial charge in [0, 0.05) is 21.0 Å². The number of aryl methyl sites for hydroxylation is 1. The minimum absolute atomic E-state index is 0.0776. The van der Waals surface area contributed by atoms with Crippen molar-refractivity contribution in [3.05, 3.63) is 94.0 Å². The fraction of sp³-hybridized carbons (Fsp3) is 0.306. The average molecular weight is 652 g/mol. The quantitative estimate of drug-likeness (QED) is 0.119. The number of hydrogen-bond acceptors (Lipinski definition) is 6. The van der Waals surface area contributed by atoms with E-state index >= 15 is 0 Å². The van der Waals surface area contributed by atoms with Crippen LogP contribution in [0.2, 0.25) is 0 Å². The van der Waals surface area contributed by atoms with Crippen molar-refractivity contribution in [1.29, 1.82) is 0 Å². The van der Waals surface area contributed by atoms with Gasteiger partial charge in [-0.25, -0.2) is 9.78 Å². The van der Waals surface area contributed by atoms with E-state index in [1.807, 2.05) is 37.3 Å². The first-order valence-electron chi connectivity index (χ1n) is 15.2. The summed E-state index contributed by atoms with van der Waals surface area (Å²) >= 11 is 3.56. The summed E-state index contributed by atoms with van der Waals surface area (Å²) in [7, 11) is 0. The van der Waals surface area contributed by atoms with Crippen molar-refractivity contribution in [2.75, 3.05) is 4.90 Å². The number of esters is 1. The van der Waals surface area contributed by atoms with Crippen molar-refractivity contribution >= 4 is 56.1 Å². The van der Waals surface area contributed by atoms with E-state index in [-0.39, 0.29) is 29.4 Å². The molecule has 7 rings (SSSR count). The van der Waals surface area contributed by atoms with Crippen LogP contribution in [0.25, 0.3) is 22.2 Å². The summed E-state index contributed by atoms with van der Waals surface area (Å²) in [5.74, 6) is -0.779. The van der Waals surface area contributed by atoms with Gasteiger partial charge in [0.05, 0.1) is 34.3 Å². The minimum Gasteiger partial charge on any atom is -0.451 e. The van der Waals surface area contributed by atoms with Gasteiger partial charge in [0.1, 0.15) is 0 Å². The summed E-state index contributed by atoms with van der Waals surface area (Å²) in [6, 6.07) is 21.5. The first-order valence-corrected chi connectivity index (χ1v) is 16.0. The number of hydrogen-bond donors (Lipinski definition) is 0. The van der Waals surface area contributed by atoms with E-state index in [2.05, 4.69) is 15.9 Å². The number of imide groups is 1. The van der Waals surface area contributed by atoms with E-state index in [9.17, 15) is 19.2 Å².